The van der Waals surface area contributed by atoms with Crippen molar-refractivity contribution in [3.05, 3.63) is 23.9 Å². The van der Waals surface area contributed by atoms with E-state index in [1.165, 1.54) is 0 Å². The van der Waals surface area contributed by atoms with Crippen molar-refractivity contribution in [1.82, 2.24) is 14.8 Å². The third kappa shape index (κ3) is 4.44. The number of β-amino-alcohol motifs (C(OH)–C–C–N with tert-alkyl or cyclic N) is 1. The highest BCUT2D eigenvalue weighted by Crippen LogP contribution is 2.10. The number of aryl methyl sites for hydroxylation is 1. The minimum Gasteiger partial charge on any atom is -0.390 e. The Bertz CT molecular complexity index is 418. The molecule has 1 saturated heterocycles. The maximum Gasteiger partial charge on any atom is 0.128 e. The number of piperazine rings is 1. The lowest BCUT2D eigenvalue weighted by Crippen LogP contribution is -2.48. The van der Waals surface area contributed by atoms with Crippen LogP contribution < -0.4 is 4.90 Å². The fourth-order valence-corrected chi connectivity index (χ4v) is 2.54. The summed E-state index contributed by atoms with van der Waals surface area (Å²) in [5.74, 6) is 0.919. The molecule has 5 nitrogen and oxygen atoms in total. The van der Waals surface area contributed by atoms with Crippen molar-refractivity contribution in [2.24, 2.45) is 0 Å². The van der Waals surface area contributed by atoms with Crippen molar-refractivity contribution < 1.29 is 5.11 Å². The summed E-state index contributed by atoms with van der Waals surface area (Å²) in [5.41, 5.74) is 1.00. The molecule has 1 aromatic rings. The van der Waals surface area contributed by atoms with Gasteiger partial charge in [-0.2, -0.15) is 0 Å². The number of likely N-dealkylation sites (N-methyl/N-ethyl adjacent to an activating group) is 2. The summed E-state index contributed by atoms with van der Waals surface area (Å²) in [4.78, 5) is 11.2. The quantitative estimate of drug-likeness (QED) is 0.846. The van der Waals surface area contributed by atoms with Crippen LogP contribution in [0.3, 0.4) is 0 Å². The summed E-state index contributed by atoms with van der Waals surface area (Å²) in [6.45, 7) is 7.59. The molecular weight excluding hydrogens is 252 g/mol. The van der Waals surface area contributed by atoms with Gasteiger partial charge in [-0.25, -0.2) is 4.98 Å². The molecule has 0 radical (unpaired) electrons. The minimum atomic E-state index is -0.342. The molecule has 2 rings (SSSR count). The van der Waals surface area contributed by atoms with Crippen LogP contribution in [0.4, 0.5) is 5.82 Å². The van der Waals surface area contributed by atoms with E-state index in [9.17, 15) is 5.11 Å². The second-order valence-corrected chi connectivity index (χ2v) is 5.78. The Balaban J connectivity index is 1.80. The van der Waals surface area contributed by atoms with E-state index >= 15 is 0 Å². The number of rotatable bonds is 5. The second kappa shape index (κ2) is 7.02. The first-order chi connectivity index (χ1) is 9.54. The Morgan fingerprint density at radius 1 is 1.30 bits per heavy atom. The number of pyridine rings is 1. The maximum atomic E-state index is 10.2. The smallest absolute Gasteiger partial charge is 0.128 e. The normalized spacial score (nSPS) is 19.0. The van der Waals surface area contributed by atoms with E-state index in [0.717, 1.165) is 44.2 Å². The largest absolute Gasteiger partial charge is 0.390 e. The van der Waals surface area contributed by atoms with Crippen molar-refractivity contribution in [3.63, 3.8) is 0 Å². The van der Waals surface area contributed by atoms with Gasteiger partial charge in [-0.05, 0) is 26.1 Å². The molecule has 1 N–H and O–H groups in total. The molecule has 1 aliphatic heterocycles. The van der Waals surface area contributed by atoms with E-state index in [1.54, 1.807) is 0 Å². The standard InChI is InChI=1S/C15H26N4O/c1-13-5-4-6-15(16-13)18(3)11-14(20)12-19-9-7-17(2)8-10-19/h4-6,14,20H,7-12H2,1-3H3/t14-/m1/s1. The van der Waals surface area contributed by atoms with Crippen LogP contribution in [0.2, 0.25) is 0 Å². The van der Waals surface area contributed by atoms with Gasteiger partial charge in [0.25, 0.3) is 0 Å². The third-order valence-electron chi connectivity index (χ3n) is 3.81. The molecule has 5 heteroatoms. The Labute approximate surface area is 121 Å². The molecule has 0 bridgehead atoms. The number of hydrogen-bond acceptors (Lipinski definition) is 5. The Morgan fingerprint density at radius 3 is 2.65 bits per heavy atom. The minimum absolute atomic E-state index is 0.342. The Morgan fingerprint density at radius 2 is 2.00 bits per heavy atom. The molecule has 0 unspecified atom stereocenters. The van der Waals surface area contributed by atoms with Crippen molar-refractivity contribution in [1.29, 1.82) is 0 Å². The van der Waals surface area contributed by atoms with Crippen molar-refractivity contribution in [2.75, 3.05) is 58.3 Å². The van der Waals surface area contributed by atoms with Gasteiger partial charge in [-0.3, -0.25) is 4.90 Å². The molecule has 0 aromatic carbocycles. The molecule has 1 aromatic heterocycles. The van der Waals surface area contributed by atoms with Gasteiger partial charge in [0.05, 0.1) is 6.10 Å². The fraction of sp³-hybridized carbons (Fsp3) is 0.667. The lowest BCUT2D eigenvalue weighted by Gasteiger charge is -2.34. The van der Waals surface area contributed by atoms with E-state index in [1.807, 2.05) is 37.1 Å². The second-order valence-electron chi connectivity index (χ2n) is 5.78. The molecule has 20 heavy (non-hydrogen) atoms. The molecule has 0 amide bonds. The number of aliphatic hydroxyl groups excluding tert-OH is 1. The summed E-state index contributed by atoms with van der Waals surface area (Å²) in [5, 5.41) is 10.2. The van der Waals surface area contributed by atoms with Gasteiger partial charge in [0, 0.05) is 52.0 Å². The van der Waals surface area contributed by atoms with Crippen LogP contribution >= 0.6 is 0 Å². The molecule has 0 spiro atoms. The lowest BCUT2D eigenvalue weighted by molar-refractivity contribution is 0.0842. The Kier molecular flexibility index (Phi) is 5.34. The highest BCUT2D eigenvalue weighted by Gasteiger charge is 2.18. The molecule has 1 aliphatic rings. The van der Waals surface area contributed by atoms with Crippen LogP contribution in [0, 0.1) is 6.92 Å². The molecule has 2 heterocycles. The summed E-state index contributed by atoms with van der Waals surface area (Å²) in [7, 11) is 4.12. The topological polar surface area (TPSA) is 42.8 Å². The monoisotopic (exact) mass is 278 g/mol. The molecule has 0 saturated carbocycles. The van der Waals surface area contributed by atoms with E-state index in [2.05, 4.69) is 21.8 Å². The van der Waals surface area contributed by atoms with Gasteiger partial charge in [0.2, 0.25) is 0 Å². The van der Waals surface area contributed by atoms with Gasteiger partial charge in [0.1, 0.15) is 5.82 Å². The van der Waals surface area contributed by atoms with Crippen LogP contribution in [-0.4, -0.2) is 79.4 Å². The number of anilines is 1. The van der Waals surface area contributed by atoms with Gasteiger partial charge in [0.15, 0.2) is 0 Å². The SMILES string of the molecule is Cc1cccc(N(C)C[C@@H](O)CN2CCN(C)CC2)n1. The fourth-order valence-electron chi connectivity index (χ4n) is 2.54. The summed E-state index contributed by atoms with van der Waals surface area (Å²) >= 11 is 0. The van der Waals surface area contributed by atoms with Gasteiger partial charge in [-0.15, -0.1) is 0 Å². The zero-order chi connectivity index (χ0) is 14.5. The highest BCUT2D eigenvalue weighted by atomic mass is 16.3. The van der Waals surface area contributed by atoms with E-state index < -0.39 is 0 Å². The summed E-state index contributed by atoms with van der Waals surface area (Å²) in [6.07, 6.45) is -0.342. The van der Waals surface area contributed by atoms with Gasteiger partial charge in [-0.1, -0.05) is 6.07 Å². The predicted octanol–water partition coefficient (Wildman–Crippen LogP) is 0.435. The van der Waals surface area contributed by atoms with Crippen LogP contribution in [0.25, 0.3) is 0 Å². The van der Waals surface area contributed by atoms with Crippen molar-refractivity contribution in [2.45, 2.75) is 13.0 Å². The zero-order valence-electron chi connectivity index (χ0n) is 12.8. The van der Waals surface area contributed by atoms with E-state index in [-0.39, 0.29) is 6.10 Å². The van der Waals surface area contributed by atoms with Crippen LogP contribution in [0.5, 0.6) is 0 Å². The van der Waals surface area contributed by atoms with Crippen LogP contribution in [-0.2, 0) is 0 Å². The third-order valence-corrected chi connectivity index (χ3v) is 3.81. The first-order valence-electron chi connectivity index (χ1n) is 7.28. The molecule has 112 valence electrons. The van der Waals surface area contributed by atoms with Crippen molar-refractivity contribution >= 4 is 5.82 Å². The summed E-state index contributed by atoms with van der Waals surface area (Å²) < 4.78 is 0. The number of aromatic nitrogens is 1. The molecule has 0 aliphatic carbocycles. The number of nitrogens with zero attached hydrogens (tertiary/aromatic N) is 4. The number of aliphatic hydroxyl groups is 1. The van der Waals surface area contributed by atoms with Crippen LogP contribution in [0.15, 0.2) is 18.2 Å². The molecular formula is C15H26N4O. The predicted molar refractivity (Wildman–Crippen MR) is 82.2 cm³/mol. The first-order valence-corrected chi connectivity index (χ1v) is 7.28. The van der Waals surface area contributed by atoms with E-state index in [4.69, 9.17) is 0 Å². The average Bonchev–Trinajstić information content (AvgIpc) is 2.41. The zero-order valence-corrected chi connectivity index (χ0v) is 12.8. The van der Waals surface area contributed by atoms with E-state index in [0.29, 0.717) is 6.54 Å². The van der Waals surface area contributed by atoms with Crippen molar-refractivity contribution in [3.8, 4) is 0 Å². The van der Waals surface area contributed by atoms with Crippen LogP contribution in [0.1, 0.15) is 5.69 Å². The molecule has 1 fully saturated rings. The number of hydrogen-bond donors (Lipinski definition) is 1. The lowest BCUT2D eigenvalue weighted by atomic mass is 10.2. The summed E-state index contributed by atoms with van der Waals surface area (Å²) in [6, 6.07) is 5.97. The van der Waals surface area contributed by atoms with Gasteiger partial charge < -0.3 is 14.9 Å². The molecule has 1 atom stereocenters. The van der Waals surface area contributed by atoms with Gasteiger partial charge >= 0.3 is 0 Å². The average molecular weight is 278 g/mol. The Hall–Kier alpha value is -1.17. The highest BCUT2D eigenvalue weighted by molar-refractivity contribution is 5.38. The maximum absolute atomic E-state index is 10.2. The first kappa shape index (κ1) is 15.2.